The van der Waals surface area contributed by atoms with Crippen molar-refractivity contribution >= 4 is 96.8 Å². The molecule has 4 heterocycles. The number of fused-ring (bicyclic) bond motifs is 11. The fourth-order valence-electron chi connectivity index (χ4n) is 10.0. The summed E-state index contributed by atoms with van der Waals surface area (Å²) in [6.45, 7) is 0. The third kappa shape index (κ3) is 5.61. The highest BCUT2D eigenvalue weighted by Gasteiger charge is 2.23. The Bertz CT molecular complexity index is 4260. The number of aromatic nitrogens is 4. The summed E-state index contributed by atoms with van der Waals surface area (Å²) in [5.74, 6) is 1.72. The standard InChI is InChI=1S/C59H34N4OS/c1-2-14-35(15-3-1)57-60-58(62-59(61-57)46-24-12-23-44-42-21-9-11-26-52(42)64-56(44)46)45-29-28-40(63-50-25-10-8-20-41(50)48-30-36-16-4-6-18-38(36)32-51(48)63)34-47(45)43-22-13-27-53-55(43)49-31-37-17-5-7-19-39(37)33-54(49)65-53/h1-34H. The average Bonchev–Trinajstić information content (AvgIpc) is 4.04. The Morgan fingerprint density at radius 2 is 1.00 bits per heavy atom. The molecule has 10 aromatic carbocycles. The first-order valence-corrected chi connectivity index (χ1v) is 22.7. The molecule has 302 valence electrons. The minimum absolute atomic E-state index is 0.550. The largest absolute Gasteiger partial charge is 0.455 e. The van der Waals surface area contributed by atoms with Crippen LogP contribution in [0.15, 0.2) is 211 Å². The molecule has 0 spiro atoms. The lowest BCUT2D eigenvalue weighted by Gasteiger charge is -2.16. The van der Waals surface area contributed by atoms with Gasteiger partial charge < -0.3 is 8.98 Å². The number of furan rings is 1. The van der Waals surface area contributed by atoms with Crippen molar-refractivity contribution in [3.8, 4) is 51.0 Å². The predicted molar refractivity (Wildman–Crippen MR) is 271 cm³/mol. The van der Waals surface area contributed by atoms with Gasteiger partial charge in [-0.25, -0.2) is 15.0 Å². The lowest BCUT2D eigenvalue weighted by Crippen LogP contribution is -2.02. The Morgan fingerprint density at radius 3 is 1.83 bits per heavy atom. The number of para-hydroxylation sites is 3. The summed E-state index contributed by atoms with van der Waals surface area (Å²) in [7, 11) is 0. The van der Waals surface area contributed by atoms with Gasteiger partial charge in [-0.05, 0) is 99.4 Å². The number of rotatable bonds is 5. The quantitative estimate of drug-likeness (QED) is 0.173. The molecule has 0 fully saturated rings. The topological polar surface area (TPSA) is 56.7 Å². The van der Waals surface area contributed by atoms with E-state index in [2.05, 4.69) is 174 Å². The second-order valence-electron chi connectivity index (χ2n) is 16.7. The zero-order chi connectivity index (χ0) is 42.6. The SMILES string of the molecule is c1ccc(-c2nc(-c3ccc(-n4c5ccccc5c5cc6ccccc6cc54)cc3-c3cccc4sc5cc6ccccc6cc5c34)nc(-c3cccc4c3oc3ccccc34)n2)cc1. The van der Waals surface area contributed by atoms with Gasteiger partial charge >= 0.3 is 0 Å². The van der Waals surface area contributed by atoms with Crippen molar-refractivity contribution in [2.75, 3.05) is 0 Å². The molecule has 0 aliphatic rings. The van der Waals surface area contributed by atoms with Crippen LogP contribution in [0.5, 0.6) is 0 Å². The molecule has 0 aliphatic heterocycles. The van der Waals surface area contributed by atoms with Crippen LogP contribution in [0, 0.1) is 0 Å². The Kier molecular flexibility index (Phi) is 7.79. The van der Waals surface area contributed by atoms with Gasteiger partial charge in [-0.15, -0.1) is 11.3 Å². The highest BCUT2D eigenvalue weighted by atomic mass is 32.1. The molecule has 6 heteroatoms. The molecule has 0 saturated carbocycles. The summed E-state index contributed by atoms with van der Waals surface area (Å²) in [5, 5.41) is 11.8. The average molecular weight is 847 g/mol. The number of hydrogen-bond donors (Lipinski definition) is 0. The van der Waals surface area contributed by atoms with Gasteiger partial charge in [0.2, 0.25) is 0 Å². The molecule has 0 bridgehead atoms. The summed E-state index contributed by atoms with van der Waals surface area (Å²) >= 11 is 1.84. The van der Waals surface area contributed by atoms with Crippen molar-refractivity contribution in [2.45, 2.75) is 0 Å². The zero-order valence-corrected chi connectivity index (χ0v) is 35.6. The molecule has 0 aliphatic carbocycles. The number of thiophene rings is 1. The van der Waals surface area contributed by atoms with Gasteiger partial charge in [-0.1, -0.05) is 140 Å². The Labute approximate surface area is 376 Å². The van der Waals surface area contributed by atoms with Gasteiger partial charge in [0, 0.05) is 58.5 Å². The van der Waals surface area contributed by atoms with Gasteiger partial charge in [0.15, 0.2) is 17.5 Å². The Hall–Kier alpha value is -8.45. The second kappa shape index (κ2) is 14.0. The van der Waals surface area contributed by atoms with E-state index in [1.165, 1.54) is 52.5 Å². The van der Waals surface area contributed by atoms with Crippen LogP contribution in [-0.4, -0.2) is 19.5 Å². The maximum atomic E-state index is 6.59. The molecule has 0 amide bonds. The first kappa shape index (κ1) is 36.1. The van der Waals surface area contributed by atoms with Crippen molar-refractivity contribution in [3.05, 3.63) is 206 Å². The summed E-state index contributed by atoms with van der Waals surface area (Å²) in [6.07, 6.45) is 0. The maximum Gasteiger partial charge on any atom is 0.167 e. The zero-order valence-electron chi connectivity index (χ0n) is 34.7. The van der Waals surface area contributed by atoms with Crippen LogP contribution >= 0.6 is 11.3 Å². The molecule has 0 saturated heterocycles. The summed E-state index contributed by atoms with van der Waals surface area (Å²) in [5.41, 5.74) is 9.71. The van der Waals surface area contributed by atoms with E-state index < -0.39 is 0 Å². The molecule has 65 heavy (non-hydrogen) atoms. The number of nitrogens with zero attached hydrogens (tertiary/aromatic N) is 4. The first-order chi connectivity index (χ1) is 32.2. The van der Waals surface area contributed by atoms with Crippen molar-refractivity contribution in [1.82, 2.24) is 19.5 Å². The van der Waals surface area contributed by atoms with Crippen molar-refractivity contribution in [3.63, 3.8) is 0 Å². The fourth-order valence-corrected chi connectivity index (χ4v) is 11.2. The van der Waals surface area contributed by atoms with Crippen LogP contribution in [0.1, 0.15) is 0 Å². The molecule has 0 radical (unpaired) electrons. The van der Waals surface area contributed by atoms with Crippen molar-refractivity contribution in [1.29, 1.82) is 0 Å². The van der Waals surface area contributed by atoms with Gasteiger partial charge in [0.05, 0.1) is 16.6 Å². The van der Waals surface area contributed by atoms with Crippen LogP contribution < -0.4 is 0 Å². The van der Waals surface area contributed by atoms with Crippen LogP contribution in [0.4, 0.5) is 0 Å². The molecular weight excluding hydrogens is 813 g/mol. The van der Waals surface area contributed by atoms with E-state index in [9.17, 15) is 0 Å². The third-order valence-corrected chi connectivity index (χ3v) is 14.1. The van der Waals surface area contributed by atoms with Crippen LogP contribution in [0.3, 0.4) is 0 Å². The molecule has 4 aromatic heterocycles. The molecule has 0 unspecified atom stereocenters. The van der Waals surface area contributed by atoms with Crippen molar-refractivity contribution < 1.29 is 4.42 Å². The van der Waals surface area contributed by atoms with E-state index in [0.717, 1.165) is 66.5 Å². The fraction of sp³-hybridized carbons (Fsp3) is 0. The third-order valence-electron chi connectivity index (χ3n) is 13.0. The summed E-state index contributed by atoms with van der Waals surface area (Å²) in [6, 6.07) is 73.4. The van der Waals surface area contributed by atoms with Gasteiger partial charge in [0.1, 0.15) is 11.2 Å². The molecular formula is C59H34N4OS. The molecule has 5 nitrogen and oxygen atoms in total. The molecule has 14 aromatic rings. The van der Waals surface area contributed by atoms with E-state index in [1.54, 1.807) is 0 Å². The first-order valence-electron chi connectivity index (χ1n) is 21.8. The minimum Gasteiger partial charge on any atom is -0.455 e. The maximum absolute atomic E-state index is 6.59. The Morgan fingerprint density at radius 1 is 0.369 bits per heavy atom. The van der Waals surface area contributed by atoms with Gasteiger partial charge in [-0.3, -0.25) is 0 Å². The monoisotopic (exact) mass is 846 g/mol. The van der Waals surface area contributed by atoms with Gasteiger partial charge in [0.25, 0.3) is 0 Å². The summed E-state index contributed by atoms with van der Waals surface area (Å²) in [4.78, 5) is 16.0. The van der Waals surface area contributed by atoms with E-state index in [0.29, 0.717) is 17.5 Å². The number of benzene rings is 10. The normalized spacial score (nSPS) is 12.0. The highest BCUT2D eigenvalue weighted by Crippen LogP contribution is 2.46. The van der Waals surface area contributed by atoms with Gasteiger partial charge in [-0.2, -0.15) is 0 Å². The van der Waals surface area contributed by atoms with Crippen molar-refractivity contribution in [2.24, 2.45) is 0 Å². The van der Waals surface area contributed by atoms with Crippen LogP contribution in [0.2, 0.25) is 0 Å². The molecule has 0 atom stereocenters. The lowest BCUT2D eigenvalue weighted by molar-refractivity contribution is 0.669. The molecule has 0 N–H and O–H groups in total. The second-order valence-corrected chi connectivity index (χ2v) is 17.8. The van der Waals surface area contributed by atoms with E-state index in [1.807, 2.05) is 47.7 Å². The van der Waals surface area contributed by atoms with E-state index >= 15 is 0 Å². The minimum atomic E-state index is 0.550. The predicted octanol–water partition coefficient (Wildman–Crippen LogP) is 16.2. The van der Waals surface area contributed by atoms with E-state index in [-0.39, 0.29) is 0 Å². The lowest BCUT2D eigenvalue weighted by atomic mass is 9.93. The smallest absolute Gasteiger partial charge is 0.167 e. The summed E-state index contributed by atoms with van der Waals surface area (Å²) < 4.78 is 11.5. The van der Waals surface area contributed by atoms with Crippen LogP contribution in [-0.2, 0) is 0 Å². The van der Waals surface area contributed by atoms with Crippen LogP contribution in [0.25, 0.3) is 136 Å². The number of hydrogen-bond acceptors (Lipinski definition) is 5. The molecule has 14 rings (SSSR count). The Balaban J connectivity index is 1.08. The van der Waals surface area contributed by atoms with E-state index in [4.69, 9.17) is 19.4 Å². The highest BCUT2D eigenvalue weighted by molar-refractivity contribution is 7.26.